The van der Waals surface area contributed by atoms with Crippen LogP contribution >= 0.6 is 0 Å². The summed E-state index contributed by atoms with van der Waals surface area (Å²) in [5, 5.41) is 12.9. The second-order valence-electron chi connectivity index (χ2n) is 17.1. The van der Waals surface area contributed by atoms with Crippen LogP contribution in [0, 0.1) is 11.8 Å². The van der Waals surface area contributed by atoms with E-state index >= 15 is 9.59 Å². The van der Waals surface area contributed by atoms with E-state index in [1.807, 2.05) is 49.2 Å². The van der Waals surface area contributed by atoms with Gasteiger partial charge in [-0.1, -0.05) is 31.2 Å². The van der Waals surface area contributed by atoms with Crippen molar-refractivity contribution in [3.8, 4) is 5.75 Å². The number of aromatic nitrogens is 1. The monoisotopic (exact) mass is 738 g/mol. The number of H-pyrrole nitrogens is 1. The van der Waals surface area contributed by atoms with Gasteiger partial charge >= 0.3 is 11.9 Å². The van der Waals surface area contributed by atoms with Crippen LogP contribution in [0.5, 0.6) is 5.75 Å². The third-order valence-electron chi connectivity index (χ3n) is 15.3. The van der Waals surface area contributed by atoms with Crippen LogP contribution in [0.4, 0.5) is 5.69 Å². The van der Waals surface area contributed by atoms with E-state index in [0.717, 1.165) is 39.8 Å². The number of carbonyl (C=O) groups is 3. The number of piperidine rings is 2. The number of carbonyl (C=O) groups excluding carboxylic acids is 3. The number of para-hydroxylation sites is 1. The molecule has 2 N–H and O–H groups in total. The highest BCUT2D eigenvalue weighted by Gasteiger charge is 2.91. The van der Waals surface area contributed by atoms with Crippen LogP contribution in [0.25, 0.3) is 10.9 Å². The van der Waals surface area contributed by atoms with Crippen LogP contribution < -0.4 is 9.64 Å². The highest BCUT2D eigenvalue weighted by molar-refractivity contribution is 5.94. The molecule has 3 aromatic rings. The number of nitrogens with one attached hydrogen (secondary N) is 1. The molecule has 10 rings (SSSR count). The first-order valence-electron chi connectivity index (χ1n) is 19.7. The van der Waals surface area contributed by atoms with E-state index in [1.165, 1.54) is 14.2 Å². The summed E-state index contributed by atoms with van der Waals surface area (Å²) in [7, 11) is 6.50. The standard InChI is InChI=1S/C42H50N4O8/c1-6-38(50)17-15-24-20-39(36(48)52-4,34-28(16-18-45(38)23-24)27-9-7-8-10-30(27)43-34)32-22-40-29-13-12-26(51-3)19-31(29)44(2)35(40)41(37(49)53-5)21-25-11-14-33(47)46(32)42(25,40)54-41/h7-10,12-13,19,24-25,32,35,43,50H,6,11,14-18,20-23H2,1-5H3/t24?,25-,32?,35+,38?,39-,40?,41+,42-/m0/s1. The van der Waals surface area contributed by atoms with Crippen molar-refractivity contribution in [1.29, 1.82) is 0 Å². The van der Waals surface area contributed by atoms with Gasteiger partial charge in [0.15, 0.2) is 11.3 Å². The highest BCUT2D eigenvalue weighted by atomic mass is 16.6. The maximum absolute atomic E-state index is 15.3. The first-order chi connectivity index (χ1) is 26.0. The number of anilines is 1. The van der Waals surface area contributed by atoms with Gasteiger partial charge in [0, 0.05) is 60.8 Å². The summed E-state index contributed by atoms with van der Waals surface area (Å²) in [6.07, 6.45) is 4.59. The molecule has 1 amide bonds. The molecule has 4 bridgehead atoms. The maximum atomic E-state index is 15.3. The molecular weight excluding hydrogens is 688 g/mol. The Morgan fingerprint density at radius 1 is 1.02 bits per heavy atom. The molecule has 7 aliphatic rings. The third-order valence-corrected chi connectivity index (χ3v) is 15.3. The lowest BCUT2D eigenvalue weighted by atomic mass is 9.55. The van der Waals surface area contributed by atoms with Crippen LogP contribution in [0.3, 0.4) is 0 Å². The van der Waals surface area contributed by atoms with Crippen LogP contribution in [0.15, 0.2) is 42.5 Å². The second kappa shape index (κ2) is 11.2. The summed E-state index contributed by atoms with van der Waals surface area (Å²) >= 11 is 0. The summed E-state index contributed by atoms with van der Waals surface area (Å²) < 4.78 is 24.7. The lowest BCUT2D eigenvalue weighted by Crippen LogP contribution is -2.68. The van der Waals surface area contributed by atoms with E-state index in [-0.39, 0.29) is 30.1 Å². The van der Waals surface area contributed by atoms with Crippen LogP contribution in [0.1, 0.15) is 75.1 Å². The van der Waals surface area contributed by atoms with Crippen molar-refractivity contribution >= 4 is 34.4 Å². The molecule has 5 unspecified atom stereocenters. The lowest BCUT2D eigenvalue weighted by molar-refractivity contribution is -0.204. The molecule has 5 fully saturated rings. The molecule has 2 aromatic carbocycles. The molecule has 286 valence electrons. The number of benzene rings is 2. The Morgan fingerprint density at radius 2 is 1.81 bits per heavy atom. The fraction of sp³-hybridized carbons (Fsp3) is 0.595. The molecular formula is C42H50N4O8. The summed E-state index contributed by atoms with van der Waals surface area (Å²) in [6, 6.07) is 13.0. The number of nitrogens with zero attached hydrogens (tertiary/aromatic N) is 3. The summed E-state index contributed by atoms with van der Waals surface area (Å²) in [4.78, 5) is 54.7. The highest BCUT2D eigenvalue weighted by Crippen LogP contribution is 2.77. The number of rotatable bonds is 5. The van der Waals surface area contributed by atoms with Crippen molar-refractivity contribution in [2.24, 2.45) is 11.8 Å². The second-order valence-corrected chi connectivity index (χ2v) is 17.1. The number of amides is 1. The molecule has 8 heterocycles. The van der Waals surface area contributed by atoms with E-state index in [0.29, 0.717) is 63.8 Å². The molecule has 10 atom stereocenters. The van der Waals surface area contributed by atoms with E-state index in [9.17, 15) is 9.90 Å². The molecule has 5 saturated heterocycles. The maximum Gasteiger partial charge on any atom is 0.340 e. The van der Waals surface area contributed by atoms with Gasteiger partial charge in [0.1, 0.15) is 16.9 Å². The third kappa shape index (κ3) is 3.78. The molecule has 7 aliphatic heterocycles. The van der Waals surface area contributed by atoms with E-state index in [4.69, 9.17) is 18.9 Å². The van der Waals surface area contributed by atoms with Gasteiger partial charge in [0.2, 0.25) is 5.91 Å². The van der Waals surface area contributed by atoms with Crippen molar-refractivity contribution in [2.45, 2.75) is 105 Å². The van der Waals surface area contributed by atoms with E-state index < -0.39 is 45.9 Å². The van der Waals surface area contributed by atoms with Gasteiger partial charge in [0.25, 0.3) is 0 Å². The molecule has 0 aliphatic carbocycles. The minimum Gasteiger partial charge on any atom is -0.497 e. The minimum atomic E-state index is -1.33. The topological polar surface area (TPSA) is 134 Å². The number of ether oxygens (including phenoxy) is 4. The molecule has 0 radical (unpaired) electrons. The molecule has 2 spiro atoms. The van der Waals surface area contributed by atoms with Crippen LogP contribution in [-0.2, 0) is 45.8 Å². The Hall–Kier alpha value is -4.13. The van der Waals surface area contributed by atoms with Crippen LogP contribution in [-0.4, -0.2) is 108 Å². The van der Waals surface area contributed by atoms with Gasteiger partial charge in [-0.15, -0.1) is 0 Å². The Balaban J connectivity index is 1.26. The normalized spacial score (nSPS) is 40.0. The van der Waals surface area contributed by atoms with Gasteiger partial charge < -0.3 is 38.8 Å². The Kier molecular flexibility index (Phi) is 7.15. The first-order valence-corrected chi connectivity index (χ1v) is 19.7. The smallest absolute Gasteiger partial charge is 0.340 e. The average Bonchev–Trinajstić information content (AvgIpc) is 3.95. The quantitative estimate of drug-likeness (QED) is 0.368. The predicted octanol–water partition coefficient (Wildman–Crippen LogP) is 4.15. The molecule has 12 heteroatoms. The van der Waals surface area contributed by atoms with Gasteiger partial charge in [-0.2, -0.15) is 0 Å². The lowest BCUT2D eigenvalue weighted by Gasteiger charge is -2.53. The average molecular weight is 739 g/mol. The van der Waals surface area contributed by atoms with Gasteiger partial charge in [-0.05, 0) is 80.5 Å². The van der Waals surface area contributed by atoms with Gasteiger partial charge in [0.05, 0.1) is 38.8 Å². The molecule has 1 aromatic heterocycles. The van der Waals surface area contributed by atoms with Crippen molar-refractivity contribution < 1.29 is 38.4 Å². The number of aliphatic hydroxyl groups is 1. The van der Waals surface area contributed by atoms with Crippen molar-refractivity contribution in [3.63, 3.8) is 0 Å². The number of esters is 2. The van der Waals surface area contributed by atoms with Crippen molar-refractivity contribution in [3.05, 3.63) is 59.3 Å². The first kappa shape index (κ1) is 34.4. The Morgan fingerprint density at radius 3 is 2.57 bits per heavy atom. The molecule has 0 saturated carbocycles. The van der Waals surface area contributed by atoms with Crippen molar-refractivity contribution in [2.75, 3.05) is 46.4 Å². The van der Waals surface area contributed by atoms with Gasteiger partial charge in [-0.25, -0.2) is 4.79 Å². The zero-order valence-electron chi connectivity index (χ0n) is 31.8. The number of fused-ring (bicyclic) bond motifs is 8. The predicted molar refractivity (Wildman–Crippen MR) is 198 cm³/mol. The fourth-order valence-electron chi connectivity index (χ4n) is 13.4. The summed E-state index contributed by atoms with van der Waals surface area (Å²) in [5.74, 6) is -0.356. The summed E-state index contributed by atoms with van der Waals surface area (Å²) in [6.45, 7) is 3.29. The Labute approximate surface area is 315 Å². The summed E-state index contributed by atoms with van der Waals surface area (Å²) in [5.41, 5.74) is -1.06. The number of hydrogen-bond acceptors (Lipinski definition) is 10. The zero-order valence-corrected chi connectivity index (χ0v) is 31.8. The van der Waals surface area contributed by atoms with E-state index in [2.05, 4.69) is 26.9 Å². The van der Waals surface area contributed by atoms with Crippen LogP contribution in [0.2, 0.25) is 0 Å². The van der Waals surface area contributed by atoms with Crippen molar-refractivity contribution in [1.82, 2.24) is 14.8 Å². The molecule has 54 heavy (non-hydrogen) atoms. The minimum absolute atomic E-state index is 0.0247. The zero-order chi connectivity index (χ0) is 37.6. The van der Waals surface area contributed by atoms with E-state index in [1.54, 1.807) is 7.11 Å². The number of hydrogen-bond donors (Lipinski definition) is 2. The SMILES string of the molecule is CCC1(O)CCC2CN1CCc1c([nH]c3ccccc13)[C@@](C(=O)OC)(C1CC34c5ccc(OC)cc5N(C)[C@H]3[C@@]3(C(=O)OC)C[C@@H]5CCC(=O)N1[C@]54O3)C2. The molecule has 12 nitrogen and oxygen atoms in total. The Bertz CT molecular complexity index is 2120. The largest absolute Gasteiger partial charge is 0.497 e. The number of likely N-dealkylation sites (N-methyl/N-ethyl adjacent to an activating group) is 1. The number of aromatic amines is 1. The number of methoxy groups -OCH3 is 3. The fourth-order valence-corrected chi connectivity index (χ4v) is 13.4. The van der Waals surface area contributed by atoms with Gasteiger partial charge in [-0.3, -0.25) is 14.5 Å².